The summed E-state index contributed by atoms with van der Waals surface area (Å²) in [5.74, 6) is -0.0998. The van der Waals surface area contributed by atoms with E-state index in [2.05, 4.69) is 22.2 Å². The van der Waals surface area contributed by atoms with Crippen LogP contribution in [0.1, 0.15) is 29.6 Å². The molecule has 1 aromatic carbocycles. The first kappa shape index (κ1) is 13.3. The molecule has 0 bridgehead atoms. The highest BCUT2D eigenvalue weighted by Gasteiger charge is 2.14. The molecule has 0 spiro atoms. The van der Waals surface area contributed by atoms with Crippen LogP contribution in [0.5, 0.6) is 0 Å². The minimum absolute atomic E-state index is 0.0291. The van der Waals surface area contributed by atoms with Crippen molar-refractivity contribution in [3.63, 3.8) is 0 Å². The Morgan fingerprint density at radius 1 is 1.42 bits per heavy atom. The summed E-state index contributed by atoms with van der Waals surface area (Å²) in [7, 11) is 1.33. The minimum atomic E-state index is -0.408. The number of hydrogen-bond acceptors (Lipinski definition) is 3. The molecule has 1 atom stereocenters. The second kappa shape index (κ2) is 6.18. The summed E-state index contributed by atoms with van der Waals surface area (Å²) in [4.78, 5) is 23.2. The number of amides is 1. The van der Waals surface area contributed by atoms with E-state index in [4.69, 9.17) is 0 Å². The van der Waals surface area contributed by atoms with Crippen molar-refractivity contribution in [2.45, 2.75) is 19.3 Å². The maximum absolute atomic E-state index is 11.9. The number of hydrogen-bond donors (Lipinski definition) is 1. The standard InChI is InChI=1S/C15H17NO3/c1-19-15(18)12-7-4-8-13(10-12)16-14(17)9-11-5-2-3-6-11/h2,4-5,7-8,10-11H,3,6,9H2,1H3,(H,16,17)/t11-/m0/s1. The highest BCUT2D eigenvalue weighted by Crippen LogP contribution is 2.21. The SMILES string of the molecule is COC(=O)c1cccc(NC(=O)C[C@H]2C=CCC2)c1. The largest absolute Gasteiger partial charge is 0.465 e. The molecule has 0 heterocycles. The molecule has 0 saturated heterocycles. The van der Waals surface area contributed by atoms with Crippen molar-refractivity contribution < 1.29 is 14.3 Å². The molecule has 4 heteroatoms. The van der Waals surface area contributed by atoms with E-state index in [-0.39, 0.29) is 5.91 Å². The van der Waals surface area contributed by atoms with Gasteiger partial charge in [0.05, 0.1) is 12.7 Å². The topological polar surface area (TPSA) is 55.4 Å². The fraction of sp³-hybridized carbons (Fsp3) is 0.333. The van der Waals surface area contributed by atoms with E-state index < -0.39 is 5.97 Å². The summed E-state index contributed by atoms with van der Waals surface area (Å²) in [6.07, 6.45) is 6.77. The second-order valence-electron chi connectivity index (χ2n) is 4.59. The predicted octanol–water partition coefficient (Wildman–Crippen LogP) is 2.77. The molecule has 0 aromatic heterocycles. The first-order valence-corrected chi connectivity index (χ1v) is 6.34. The van der Waals surface area contributed by atoms with Gasteiger partial charge in [-0.1, -0.05) is 18.2 Å². The van der Waals surface area contributed by atoms with Crippen LogP contribution in [0.15, 0.2) is 36.4 Å². The van der Waals surface area contributed by atoms with Crippen LogP contribution in [0.2, 0.25) is 0 Å². The van der Waals surface area contributed by atoms with Gasteiger partial charge in [0.15, 0.2) is 0 Å². The summed E-state index contributed by atoms with van der Waals surface area (Å²) in [6, 6.07) is 6.75. The van der Waals surface area contributed by atoms with Crippen molar-refractivity contribution in [2.75, 3.05) is 12.4 Å². The van der Waals surface area contributed by atoms with E-state index >= 15 is 0 Å². The van der Waals surface area contributed by atoms with Crippen molar-refractivity contribution in [3.05, 3.63) is 42.0 Å². The third-order valence-corrected chi connectivity index (χ3v) is 3.13. The summed E-state index contributed by atoms with van der Waals surface area (Å²) < 4.78 is 4.64. The average molecular weight is 259 g/mol. The smallest absolute Gasteiger partial charge is 0.337 e. The molecule has 2 rings (SSSR count). The van der Waals surface area contributed by atoms with E-state index in [0.29, 0.717) is 23.6 Å². The quantitative estimate of drug-likeness (QED) is 0.668. The van der Waals surface area contributed by atoms with Crippen LogP contribution in [0.25, 0.3) is 0 Å². The van der Waals surface area contributed by atoms with E-state index in [0.717, 1.165) is 12.8 Å². The minimum Gasteiger partial charge on any atom is -0.465 e. The fourth-order valence-corrected chi connectivity index (χ4v) is 2.16. The number of allylic oxidation sites excluding steroid dienone is 2. The predicted molar refractivity (Wildman–Crippen MR) is 72.9 cm³/mol. The monoisotopic (exact) mass is 259 g/mol. The van der Waals surface area contributed by atoms with Gasteiger partial charge in [-0.15, -0.1) is 0 Å². The lowest BCUT2D eigenvalue weighted by atomic mass is 10.0. The molecular formula is C15H17NO3. The third-order valence-electron chi connectivity index (χ3n) is 3.13. The Bertz CT molecular complexity index is 508. The van der Waals surface area contributed by atoms with Gasteiger partial charge in [-0.05, 0) is 37.0 Å². The van der Waals surface area contributed by atoms with Gasteiger partial charge in [0.25, 0.3) is 0 Å². The fourth-order valence-electron chi connectivity index (χ4n) is 2.16. The molecule has 0 saturated carbocycles. The van der Waals surface area contributed by atoms with E-state index in [1.807, 2.05) is 0 Å². The van der Waals surface area contributed by atoms with Crippen molar-refractivity contribution in [2.24, 2.45) is 5.92 Å². The van der Waals surface area contributed by atoms with Gasteiger partial charge in [-0.2, -0.15) is 0 Å². The number of benzene rings is 1. The summed E-state index contributed by atoms with van der Waals surface area (Å²) in [5.41, 5.74) is 1.05. The van der Waals surface area contributed by atoms with Crippen LogP contribution in [-0.2, 0) is 9.53 Å². The molecular weight excluding hydrogens is 242 g/mol. The van der Waals surface area contributed by atoms with Crippen molar-refractivity contribution in [3.8, 4) is 0 Å². The van der Waals surface area contributed by atoms with Crippen LogP contribution in [0.4, 0.5) is 5.69 Å². The highest BCUT2D eigenvalue weighted by molar-refractivity contribution is 5.94. The molecule has 1 aliphatic carbocycles. The Morgan fingerprint density at radius 3 is 2.95 bits per heavy atom. The Balaban J connectivity index is 1.96. The summed E-state index contributed by atoms with van der Waals surface area (Å²) in [5, 5.41) is 2.81. The lowest BCUT2D eigenvalue weighted by molar-refractivity contribution is -0.116. The number of esters is 1. The molecule has 0 aliphatic heterocycles. The number of anilines is 1. The van der Waals surface area contributed by atoms with E-state index in [1.54, 1.807) is 24.3 Å². The van der Waals surface area contributed by atoms with Gasteiger partial charge in [0, 0.05) is 12.1 Å². The Kier molecular flexibility index (Phi) is 4.34. The number of carbonyl (C=O) groups is 2. The van der Waals surface area contributed by atoms with E-state index in [1.165, 1.54) is 7.11 Å². The van der Waals surface area contributed by atoms with Gasteiger partial charge in [0.1, 0.15) is 0 Å². The van der Waals surface area contributed by atoms with Crippen LogP contribution in [0, 0.1) is 5.92 Å². The van der Waals surface area contributed by atoms with Crippen LogP contribution < -0.4 is 5.32 Å². The molecule has 0 fully saturated rings. The average Bonchev–Trinajstić information content (AvgIpc) is 2.90. The van der Waals surface area contributed by atoms with Gasteiger partial charge in [-0.3, -0.25) is 4.79 Å². The lowest BCUT2D eigenvalue weighted by Gasteiger charge is -2.09. The highest BCUT2D eigenvalue weighted by atomic mass is 16.5. The summed E-state index contributed by atoms with van der Waals surface area (Å²) >= 11 is 0. The second-order valence-corrected chi connectivity index (χ2v) is 4.59. The molecule has 19 heavy (non-hydrogen) atoms. The molecule has 4 nitrogen and oxygen atoms in total. The van der Waals surface area contributed by atoms with Gasteiger partial charge in [0.2, 0.25) is 5.91 Å². The number of nitrogens with one attached hydrogen (secondary N) is 1. The molecule has 1 N–H and O–H groups in total. The van der Waals surface area contributed by atoms with E-state index in [9.17, 15) is 9.59 Å². The first-order chi connectivity index (χ1) is 9.19. The zero-order chi connectivity index (χ0) is 13.7. The Labute approximate surface area is 112 Å². The number of ether oxygens (including phenoxy) is 1. The van der Waals surface area contributed by atoms with Crippen LogP contribution in [0.3, 0.4) is 0 Å². The molecule has 100 valence electrons. The van der Waals surface area contributed by atoms with Crippen molar-refractivity contribution in [1.29, 1.82) is 0 Å². The number of rotatable bonds is 4. The maximum atomic E-state index is 11.9. The molecule has 0 unspecified atom stereocenters. The molecule has 0 radical (unpaired) electrons. The lowest BCUT2D eigenvalue weighted by Crippen LogP contribution is -2.15. The molecule has 1 aromatic rings. The first-order valence-electron chi connectivity index (χ1n) is 6.34. The Morgan fingerprint density at radius 2 is 2.26 bits per heavy atom. The van der Waals surface area contributed by atoms with Crippen LogP contribution in [-0.4, -0.2) is 19.0 Å². The zero-order valence-corrected chi connectivity index (χ0v) is 10.9. The number of carbonyl (C=O) groups excluding carboxylic acids is 2. The van der Waals surface area contributed by atoms with Crippen molar-refractivity contribution in [1.82, 2.24) is 0 Å². The van der Waals surface area contributed by atoms with Gasteiger partial charge >= 0.3 is 5.97 Å². The maximum Gasteiger partial charge on any atom is 0.337 e. The van der Waals surface area contributed by atoms with Crippen LogP contribution >= 0.6 is 0 Å². The normalized spacial score (nSPS) is 17.2. The van der Waals surface area contributed by atoms with Crippen molar-refractivity contribution >= 4 is 17.6 Å². The molecule has 1 aliphatic rings. The Hall–Kier alpha value is -2.10. The van der Waals surface area contributed by atoms with Gasteiger partial charge < -0.3 is 10.1 Å². The zero-order valence-electron chi connectivity index (χ0n) is 10.9. The number of methoxy groups -OCH3 is 1. The van der Waals surface area contributed by atoms with Gasteiger partial charge in [-0.25, -0.2) is 4.79 Å². The third kappa shape index (κ3) is 3.68. The molecule has 1 amide bonds. The summed E-state index contributed by atoms with van der Waals surface area (Å²) in [6.45, 7) is 0.